The van der Waals surface area contributed by atoms with Gasteiger partial charge < -0.3 is 5.32 Å². The van der Waals surface area contributed by atoms with Crippen molar-refractivity contribution in [1.29, 1.82) is 5.26 Å². The van der Waals surface area contributed by atoms with E-state index in [9.17, 15) is 0 Å². The molecular formula is C12H12N6S. The van der Waals surface area contributed by atoms with Crippen LogP contribution in [0.15, 0.2) is 35.4 Å². The molecule has 2 aromatic rings. The molecule has 0 aliphatic carbocycles. The monoisotopic (exact) mass is 272 g/mol. The lowest BCUT2D eigenvalue weighted by atomic mass is 10.3. The van der Waals surface area contributed by atoms with Crippen molar-refractivity contribution in [2.45, 2.75) is 11.8 Å². The van der Waals surface area contributed by atoms with E-state index in [-0.39, 0.29) is 5.82 Å². The maximum atomic E-state index is 9.01. The fourth-order valence-electron chi connectivity index (χ4n) is 1.39. The lowest BCUT2D eigenvalue weighted by molar-refractivity contribution is 0.881. The summed E-state index contributed by atoms with van der Waals surface area (Å²) in [5, 5.41) is 25.3. The standard InChI is InChI=1S/C12H12N6S/c1-2-19-11-5-3-10(4-6-11)14-8-9(7-13)12-15-17-18-16-12/h3-6,8,14H,2H2,1H3,(H,15,16,17,18). The van der Waals surface area contributed by atoms with Gasteiger partial charge in [-0.25, -0.2) is 0 Å². The first-order valence-electron chi connectivity index (χ1n) is 5.67. The summed E-state index contributed by atoms with van der Waals surface area (Å²) in [5.74, 6) is 1.32. The van der Waals surface area contributed by atoms with Crippen molar-refractivity contribution in [2.75, 3.05) is 11.1 Å². The zero-order valence-corrected chi connectivity index (χ0v) is 11.1. The van der Waals surface area contributed by atoms with E-state index in [4.69, 9.17) is 5.26 Å². The third-order valence-electron chi connectivity index (χ3n) is 2.26. The third-order valence-corrected chi connectivity index (χ3v) is 3.15. The lowest BCUT2D eigenvalue weighted by Crippen LogP contribution is -1.92. The summed E-state index contributed by atoms with van der Waals surface area (Å²) in [6, 6.07) is 10.00. The van der Waals surface area contributed by atoms with Gasteiger partial charge in [-0.1, -0.05) is 6.92 Å². The molecule has 2 N–H and O–H groups in total. The van der Waals surface area contributed by atoms with Crippen LogP contribution >= 0.6 is 11.8 Å². The van der Waals surface area contributed by atoms with Crippen LogP contribution in [-0.2, 0) is 0 Å². The van der Waals surface area contributed by atoms with Crippen LogP contribution in [-0.4, -0.2) is 26.4 Å². The van der Waals surface area contributed by atoms with Gasteiger partial charge in [0.25, 0.3) is 0 Å². The Morgan fingerprint density at radius 1 is 1.47 bits per heavy atom. The van der Waals surface area contributed by atoms with Crippen molar-refractivity contribution in [3.63, 3.8) is 0 Å². The van der Waals surface area contributed by atoms with E-state index in [1.165, 1.54) is 4.90 Å². The molecular weight excluding hydrogens is 260 g/mol. The number of aromatic amines is 1. The number of nitrogens with zero attached hydrogens (tertiary/aromatic N) is 4. The highest BCUT2D eigenvalue weighted by Gasteiger charge is 2.05. The second kappa shape index (κ2) is 6.56. The van der Waals surface area contributed by atoms with Crippen molar-refractivity contribution in [3.8, 4) is 6.07 Å². The Hall–Kier alpha value is -2.33. The molecule has 2 rings (SSSR count). The summed E-state index contributed by atoms with van der Waals surface area (Å²) in [4.78, 5) is 1.22. The van der Waals surface area contributed by atoms with Crippen LogP contribution < -0.4 is 5.32 Å². The SMILES string of the molecule is CCSc1ccc(NC=C(C#N)c2nn[nH]n2)cc1. The first kappa shape index (κ1) is 13.1. The molecule has 1 heterocycles. The Balaban J connectivity index is 2.07. The van der Waals surface area contributed by atoms with Gasteiger partial charge >= 0.3 is 0 Å². The van der Waals surface area contributed by atoms with Gasteiger partial charge in [-0.15, -0.1) is 22.0 Å². The minimum absolute atomic E-state index is 0.271. The molecule has 0 saturated heterocycles. The predicted molar refractivity (Wildman–Crippen MR) is 74.2 cm³/mol. The topological polar surface area (TPSA) is 90.3 Å². The summed E-state index contributed by atoms with van der Waals surface area (Å²) in [6.45, 7) is 2.11. The van der Waals surface area contributed by atoms with E-state index in [1.54, 1.807) is 18.0 Å². The third kappa shape index (κ3) is 3.56. The highest BCUT2D eigenvalue weighted by atomic mass is 32.2. The number of rotatable bonds is 5. The average Bonchev–Trinajstić information content (AvgIpc) is 2.96. The molecule has 0 spiro atoms. The molecule has 0 aliphatic rings. The zero-order valence-electron chi connectivity index (χ0n) is 10.3. The maximum Gasteiger partial charge on any atom is 0.216 e. The number of hydrogen-bond acceptors (Lipinski definition) is 6. The molecule has 0 fully saturated rings. The number of thioether (sulfide) groups is 1. The summed E-state index contributed by atoms with van der Waals surface area (Å²) in [7, 11) is 0. The smallest absolute Gasteiger partial charge is 0.216 e. The molecule has 0 amide bonds. The molecule has 1 aromatic carbocycles. The average molecular weight is 272 g/mol. The summed E-state index contributed by atoms with van der Waals surface area (Å²) < 4.78 is 0. The first-order valence-corrected chi connectivity index (χ1v) is 6.65. The first-order chi connectivity index (χ1) is 9.33. The van der Waals surface area contributed by atoms with Gasteiger partial charge in [0.1, 0.15) is 11.6 Å². The summed E-state index contributed by atoms with van der Waals surface area (Å²) in [6.07, 6.45) is 1.56. The van der Waals surface area contributed by atoms with E-state index < -0.39 is 0 Å². The molecule has 0 bridgehead atoms. The number of anilines is 1. The largest absolute Gasteiger partial charge is 0.360 e. The molecule has 7 heteroatoms. The molecule has 0 unspecified atom stereocenters. The van der Waals surface area contributed by atoms with Crippen LogP contribution in [0.3, 0.4) is 0 Å². The summed E-state index contributed by atoms with van der Waals surface area (Å²) >= 11 is 1.78. The van der Waals surface area contributed by atoms with Crippen molar-refractivity contribution in [3.05, 3.63) is 36.3 Å². The molecule has 0 aliphatic heterocycles. The minimum Gasteiger partial charge on any atom is -0.360 e. The van der Waals surface area contributed by atoms with Gasteiger partial charge in [-0.3, -0.25) is 0 Å². The van der Waals surface area contributed by atoms with Crippen molar-refractivity contribution in [2.24, 2.45) is 0 Å². The van der Waals surface area contributed by atoms with Crippen LogP contribution in [0.5, 0.6) is 0 Å². The number of hydrogen-bond donors (Lipinski definition) is 2. The second-order valence-corrected chi connectivity index (χ2v) is 4.84. The number of nitrogens with one attached hydrogen (secondary N) is 2. The van der Waals surface area contributed by atoms with Gasteiger partial charge in [0.05, 0.1) is 0 Å². The van der Waals surface area contributed by atoms with Gasteiger partial charge in [-0.05, 0) is 35.2 Å². The van der Waals surface area contributed by atoms with Gasteiger partial charge in [0.2, 0.25) is 5.82 Å². The zero-order chi connectivity index (χ0) is 13.5. The van der Waals surface area contributed by atoms with E-state index in [1.807, 2.05) is 30.3 Å². The molecule has 19 heavy (non-hydrogen) atoms. The van der Waals surface area contributed by atoms with Crippen LogP contribution in [0.4, 0.5) is 5.69 Å². The number of benzene rings is 1. The Bertz CT molecular complexity index is 582. The van der Waals surface area contributed by atoms with Crippen LogP contribution in [0.2, 0.25) is 0 Å². The van der Waals surface area contributed by atoms with Crippen LogP contribution in [0.1, 0.15) is 12.7 Å². The number of H-pyrrole nitrogens is 1. The van der Waals surface area contributed by atoms with E-state index >= 15 is 0 Å². The quantitative estimate of drug-likeness (QED) is 0.641. The van der Waals surface area contributed by atoms with Crippen molar-refractivity contribution < 1.29 is 0 Å². The minimum atomic E-state index is 0.271. The lowest BCUT2D eigenvalue weighted by Gasteiger charge is -2.03. The fraction of sp³-hybridized carbons (Fsp3) is 0.167. The maximum absolute atomic E-state index is 9.01. The highest BCUT2D eigenvalue weighted by Crippen LogP contribution is 2.20. The molecule has 6 nitrogen and oxygen atoms in total. The highest BCUT2D eigenvalue weighted by molar-refractivity contribution is 7.99. The van der Waals surface area contributed by atoms with Gasteiger partial charge in [0.15, 0.2) is 0 Å². The molecule has 0 atom stereocenters. The number of aromatic nitrogens is 4. The van der Waals surface area contributed by atoms with Crippen molar-refractivity contribution in [1.82, 2.24) is 20.6 Å². The molecule has 0 radical (unpaired) electrons. The molecule has 96 valence electrons. The van der Waals surface area contributed by atoms with Crippen LogP contribution in [0, 0.1) is 11.3 Å². The Morgan fingerprint density at radius 2 is 2.26 bits per heavy atom. The normalized spacial score (nSPS) is 11.1. The van der Waals surface area contributed by atoms with E-state index in [0.29, 0.717) is 5.57 Å². The number of tetrazole rings is 1. The molecule has 1 aromatic heterocycles. The van der Waals surface area contributed by atoms with Crippen LogP contribution in [0.25, 0.3) is 5.57 Å². The second-order valence-electron chi connectivity index (χ2n) is 3.51. The Kier molecular flexibility index (Phi) is 4.53. The Labute approximate surface area is 114 Å². The van der Waals surface area contributed by atoms with Gasteiger partial charge in [0, 0.05) is 16.8 Å². The predicted octanol–water partition coefficient (Wildman–Crippen LogP) is 2.29. The van der Waals surface area contributed by atoms with Crippen molar-refractivity contribution >= 4 is 23.0 Å². The molecule has 0 saturated carbocycles. The number of nitriles is 1. The van der Waals surface area contributed by atoms with E-state index in [2.05, 4.69) is 32.9 Å². The Morgan fingerprint density at radius 3 is 2.84 bits per heavy atom. The summed E-state index contributed by atoms with van der Waals surface area (Å²) in [5.41, 5.74) is 1.22. The number of allylic oxidation sites excluding steroid dienone is 1. The van der Waals surface area contributed by atoms with E-state index in [0.717, 1.165) is 11.4 Å². The van der Waals surface area contributed by atoms with Gasteiger partial charge in [-0.2, -0.15) is 10.5 Å². The fourth-order valence-corrected chi connectivity index (χ4v) is 2.05.